The van der Waals surface area contributed by atoms with Crippen molar-refractivity contribution in [2.75, 3.05) is 5.32 Å². The number of carbonyl (C=O) groups excluding carboxylic acids is 1. The summed E-state index contributed by atoms with van der Waals surface area (Å²) in [5.74, 6) is -0.416. The second-order valence-electron chi connectivity index (χ2n) is 5.00. The highest BCUT2D eigenvalue weighted by Gasteiger charge is 2.30. The highest BCUT2D eigenvalue weighted by molar-refractivity contribution is 5.93. The van der Waals surface area contributed by atoms with E-state index >= 15 is 0 Å². The van der Waals surface area contributed by atoms with E-state index in [-0.39, 0.29) is 12.3 Å². The van der Waals surface area contributed by atoms with Gasteiger partial charge in [0.2, 0.25) is 0 Å². The van der Waals surface area contributed by atoms with Gasteiger partial charge in [0.25, 0.3) is 5.91 Å². The van der Waals surface area contributed by atoms with E-state index in [1.54, 1.807) is 6.92 Å². The summed E-state index contributed by atoms with van der Waals surface area (Å²) in [5, 5.41) is 2.53. The molecule has 0 aliphatic heterocycles. The van der Waals surface area contributed by atoms with Gasteiger partial charge in [-0.15, -0.1) is 0 Å². The minimum atomic E-state index is -4.39. The van der Waals surface area contributed by atoms with E-state index in [1.807, 2.05) is 30.3 Å². The van der Waals surface area contributed by atoms with Crippen LogP contribution >= 0.6 is 0 Å². The maximum atomic E-state index is 12.5. The van der Waals surface area contributed by atoms with E-state index in [0.717, 1.165) is 17.7 Å². The van der Waals surface area contributed by atoms with Gasteiger partial charge in [-0.2, -0.15) is 13.2 Å². The smallest absolute Gasteiger partial charge is 0.364 e. The number of ether oxygens (including phenoxy) is 1. The number of halogens is 3. The van der Waals surface area contributed by atoms with E-state index in [2.05, 4.69) is 5.32 Å². The van der Waals surface area contributed by atoms with E-state index in [1.165, 1.54) is 12.1 Å². The number of carbonyl (C=O) groups is 1. The maximum absolute atomic E-state index is 12.5. The second kappa shape index (κ2) is 7.28. The number of benzene rings is 2. The molecule has 0 saturated heterocycles. The fourth-order valence-corrected chi connectivity index (χ4v) is 1.86. The first-order chi connectivity index (χ1) is 10.9. The standard InChI is InChI=1S/C17H16F3NO2/c1-12(23-11-13-5-3-2-4-6-13)16(22)21-15-9-7-14(8-10-15)17(18,19)20/h2-10,12H,11H2,1H3,(H,21,22). The normalized spacial score (nSPS) is 12.7. The van der Waals surface area contributed by atoms with Crippen molar-refractivity contribution in [1.29, 1.82) is 0 Å². The van der Waals surface area contributed by atoms with Crippen molar-refractivity contribution in [1.82, 2.24) is 0 Å². The molecule has 0 radical (unpaired) electrons. The van der Waals surface area contributed by atoms with Crippen molar-refractivity contribution in [2.24, 2.45) is 0 Å². The van der Waals surface area contributed by atoms with Crippen molar-refractivity contribution in [3.8, 4) is 0 Å². The Morgan fingerprint density at radius 2 is 1.70 bits per heavy atom. The molecule has 6 heteroatoms. The molecular weight excluding hydrogens is 307 g/mol. The molecule has 3 nitrogen and oxygen atoms in total. The Bertz CT molecular complexity index is 639. The third kappa shape index (κ3) is 5.10. The molecule has 23 heavy (non-hydrogen) atoms. The molecule has 1 unspecified atom stereocenters. The Morgan fingerprint density at radius 3 is 2.26 bits per heavy atom. The molecule has 2 rings (SSSR count). The van der Waals surface area contributed by atoms with E-state index in [0.29, 0.717) is 0 Å². The average molecular weight is 323 g/mol. The molecule has 0 fully saturated rings. The first kappa shape index (κ1) is 17.0. The quantitative estimate of drug-likeness (QED) is 0.893. The van der Waals surface area contributed by atoms with Gasteiger partial charge in [0.15, 0.2) is 0 Å². The molecule has 1 N–H and O–H groups in total. The van der Waals surface area contributed by atoms with Gasteiger partial charge in [0.1, 0.15) is 6.10 Å². The lowest BCUT2D eigenvalue weighted by atomic mass is 10.2. The number of hydrogen-bond donors (Lipinski definition) is 1. The number of rotatable bonds is 5. The Morgan fingerprint density at radius 1 is 1.09 bits per heavy atom. The minimum absolute atomic E-state index is 0.280. The summed E-state index contributed by atoms with van der Waals surface area (Å²) >= 11 is 0. The van der Waals surface area contributed by atoms with Gasteiger partial charge in [-0.25, -0.2) is 0 Å². The second-order valence-corrected chi connectivity index (χ2v) is 5.00. The molecule has 0 heterocycles. The zero-order valence-corrected chi connectivity index (χ0v) is 12.4. The highest BCUT2D eigenvalue weighted by Crippen LogP contribution is 2.29. The molecule has 0 aliphatic carbocycles. The Kier molecular flexibility index (Phi) is 5.39. The van der Waals surface area contributed by atoms with Crippen molar-refractivity contribution < 1.29 is 22.7 Å². The predicted octanol–water partition coefficient (Wildman–Crippen LogP) is 4.25. The number of amides is 1. The zero-order valence-electron chi connectivity index (χ0n) is 12.4. The van der Waals surface area contributed by atoms with Gasteiger partial charge >= 0.3 is 6.18 Å². The monoisotopic (exact) mass is 323 g/mol. The van der Waals surface area contributed by atoms with Crippen molar-refractivity contribution >= 4 is 11.6 Å². The Labute approximate surface area is 132 Å². The van der Waals surface area contributed by atoms with Crippen LogP contribution in [0.4, 0.5) is 18.9 Å². The van der Waals surface area contributed by atoms with Gasteiger partial charge in [-0.05, 0) is 36.8 Å². The molecular formula is C17H16F3NO2. The van der Waals surface area contributed by atoms with Crippen LogP contribution in [0.1, 0.15) is 18.1 Å². The van der Waals surface area contributed by atoms with Crippen LogP contribution < -0.4 is 5.32 Å². The predicted molar refractivity (Wildman–Crippen MR) is 80.8 cm³/mol. The van der Waals surface area contributed by atoms with Crippen LogP contribution in [-0.2, 0) is 22.3 Å². The summed E-state index contributed by atoms with van der Waals surface area (Å²) in [7, 11) is 0. The van der Waals surface area contributed by atoms with E-state index in [9.17, 15) is 18.0 Å². The summed E-state index contributed by atoms with van der Waals surface area (Å²) in [6.45, 7) is 1.87. The van der Waals surface area contributed by atoms with Crippen LogP contribution in [-0.4, -0.2) is 12.0 Å². The molecule has 0 spiro atoms. The van der Waals surface area contributed by atoms with Crippen LogP contribution in [0.25, 0.3) is 0 Å². The largest absolute Gasteiger partial charge is 0.416 e. The third-order valence-corrected chi connectivity index (χ3v) is 3.19. The van der Waals surface area contributed by atoms with E-state index < -0.39 is 23.8 Å². The van der Waals surface area contributed by atoms with Crippen molar-refractivity contribution in [3.63, 3.8) is 0 Å². The molecule has 1 amide bonds. The summed E-state index contributed by atoms with van der Waals surface area (Å²) < 4.78 is 42.8. The van der Waals surface area contributed by atoms with Gasteiger partial charge in [0.05, 0.1) is 12.2 Å². The topological polar surface area (TPSA) is 38.3 Å². The third-order valence-electron chi connectivity index (χ3n) is 3.19. The molecule has 0 bridgehead atoms. The zero-order chi connectivity index (χ0) is 16.9. The lowest BCUT2D eigenvalue weighted by Gasteiger charge is -2.14. The molecule has 2 aromatic rings. The van der Waals surface area contributed by atoms with Crippen LogP contribution in [0.5, 0.6) is 0 Å². The number of hydrogen-bond acceptors (Lipinski definition) is 2. The van der Waals surface area contributed by atoms with Crippen LogP contribution in [0.2, 0.25) is 0 Å². The average Bonchev–Trinajstić information content (AvgIpc) is 2.53. The van der Waals surface area contributed by atoms with Gasteiger partial charge in [-0.1, -0.05) is 30.3 Å². The summed E-state index contributed by atoms with van der Waals surface area (Å²) in [6, 6.07) is 13.6. The number of nitrogens with one attached hydrogen (secondary N) is 1. The fraction of sp³-hybridized carbons (Fsp3) is 0.235. The lowest BCUT2D eigenvalue weighted by molar-refractivity contribution is -0.137. The fourth-order valence-electron chi connectivity index (χ4n) is 1.86. The Hall–Kier alpha value is -2.34. The van der Waals surface area contributed by atoms with Crippen molar-refractivity contribution in [2.45, 2.75) is 25.8 Å². The molecule has 0 aliphatic rings. The minimum Gasteiger partial charge on any atom is -0.364 e. The Balaban J connectivity index is 1.88. The SMILES string of the molecule is CC(OCc1ccccc1)C(=O)Nc1ccc(C(F)(F)F)cc1. The van der Waals surface area contributed by atoms with Crippen LogP contribution in [0.15, 0.2) is 54.6 Å². The first-order valence-corrected chi connectivity index (χ1v) is 7.00. The molecule has 0 saturated carbocycles. The highest BCUT2D eigenvalue weighted by atomic mass is 19.4. The molecule has 0 aromatic heterocycles. The molecule has 2 aromatic carbocycles. The molecule has 1 atom stereocenters. The lowest BCUT2D eigenvalue weighted by Crippen LogP contribution is -2.27. The summed E-state index contributed by atoms with van der Waals surface area (Å²) in [6.07, 6.45) is -5.12. The maximum Gasteiger partial charge on any atom is 0.416 e. The summed E-state index contributed by atoms with van der Waals surface area (Å²) in [5.41, 5.74) is 0.462. The van der Waals surface area contributed by atoms with Crippen molar-refractivity contribution in [3.05, 3.63) is 65.7 Å². The summed E-state index contributed by atoms with van der Waals surface area (Å²) in [4.78, 5) is 12.0. The van der Waals surface area contributed by atoms with E-state index in [4.69, 9.17) is 4.74 Å². The van der Waals surface area contributed by atoms with Crippen LogP contribution in [0, 0.1) is 0 Å². The van der Waals surface area contributed by atoms with Gasteiger partial charge in [0, 0.05) is 5.69 Å². The van der Waals surface area contributed by atoms with Gasteiger partial charge in [-0.3, -0.25) is 4.79 Å². The van der Waals surface area contributed by atoms with Crippen LogP contribution in [0.3, 0.4) is 0 Å². The number of alkyl halides is 3. The first-order valence-electron chi connectivity index (χ1n) is 7.00. The van der Waals surface area contributed by atoms with Gasteiger partial charge < -0.3 is 10.1 Å². The molecule has 122 valence electrons. The number of anilines is 1.